The Labute approximate surface area is 159 Å². The van der Waals surface area contributed by atoms with Crippen LogP contribution < -0.4 is 5.32 Å². The molecule has 2 aromatic rings. The van der Waals surface area contributed by atoms with Gasteiger partial charge in [-0.1, -0.05) is 23.7 Å². The number of nitrogens with one attached hydrogen (secondary N) is 1. The highest BCUT2D eigenvalue weighted by Crippen LogP contribution is 2.28. The number of hydrogen-bond donors (Lipinski definition) is 1. The fraction of sp³-hybridized carbons (Fsp3) is 0.250. The molecule has 1 aliphatic heterocycles. The van der Waals surface area contributed by atoms with Gasteiger partial charge in [0.2, 0.25) is 10.0 Å². The van der Waals surface area contributed by atoms with Crippen molar-refractivity contribution < 1.29 is 13.2 Å². The number of rotatable bonds is 3. The summed E-state index contributed by atoms with van der Waals surface area (Å²) in [6.45, 7) is 0.689. The molecule has 1 aliphatic rings. The normalized spacial score (nSPS) is 14.8. The van der Waals surface area contributed by atoms with Gasteiger partial charge in [-0.15, -0.1) is 0 Å². The van der Waals surface area contributed by atoms with Crippen molar-refractivity contribution in [3.8, 4) is 0 Å². The lowest BCUT2D eigenvalue weighted by Gasteiger charge is -2.28. The van der Waals surface area contributed by atoms with Crippen LogP contribution in [-0.4, -0.2) is 36.4 Å². The molecule has 0 atom stereocenters. The zero-order valence-corrected chi connectivity index (χ0v) is 16.4. The largest absolute Gasteiger partial charge is 0.322 e. The summed E-state index contributed by atoms with van der Waals surface area (Å²) in [6.07, 6.45) is 3.25. The Morgan fingerprint density at radius 2 is 2.16 bits per heavy atom. The van der Waals surface area contributed by atoms with Crippen LogP contribution in [0.3, 0.4) is 0 Å². The van der Waals surface area contributed by atoms with E-state index in [9.17, 15) is 13.2 Å². The first-order chi connectivity index (χ1) is 11.8. The summed E-state index contributed by atoms with van der Waals surface area (Å²) in [7, 11) is -3.24. The molecule has 0 fully saturated rings. The van der Waals surface area contributed by atoms with E-state index >= 15 is 0 Å². The maximum Gasteiger partial charge on any atom is 0.258 e. The highest BCUT2D eigenvalue weighted by atomic mass is 79.9. The summed E-state index contributed by atoms with van der Waals surface area (Å²) >= 11 is 9.28. The van der Waals surface area contributed by atoms with Crippen LogP contribution in [0, 0.1) is 0 Å². The van der Waals surface area contributed by atoms with Gasteiger partial charge in [0.25, 0.3) is 5.91 Å². The molecule has 0 saturated carbocycles. The number of sulfonamides is 1. The van der Waals surface area contributed by atoms with E-state index in [2.05, 4.69) is 26.2 Å². The van der Waals surface area contributed by atoms with Crippen LogP contribution in [0.4, 0.5) is 5.69 Å². The predicted octanol–water partition coefficient (Wildman–Crippen LogP) is 3.07. The summed E-state index contributed by atoms with van der Waals surface area (Å²) in [5, 5.41) is 2.98. The third kappa shape index (κ3) is 4.03. The molecule has 0 radical (unpaired) electrons. The third-order valence-corrected chi connectivity index (χ3v) is 5.98. The highest BCUT2D eigenvalue weighted by Gasteiger charge is 2.25. The second kappa shape index (κ2) is 7.03. The number of halogens is 2. The Morgan fingerprint density at radius 1 is 1.40 bits per heavy atom. The van der Waals surface area contributed by atoms with Crippen molar-refractivity contribution in [2.24, 2.45) is 0 Å². The minimum absolute atomic E-state index is 0.119. The molecular weight excluding hydrogens is 430 g/mol. The second-order valence-electron chi connectivity index (χ2n) is 5.74. The molecule has 25 heavy (non-hydrogen) atoms. The topological polar surface area (TPSA) is 79.4 Å². The van der Waals surface area contributed by atoms with E-state index in [4.69, 9.17) is 11.6 Å². The van der Waals surface area contributed by atoms with Crippen LogP contribution in [-0.2, 0) is 23.0 Å². The van der Waals surface area contributed by atoms with Gasteiger partial charge in [-0.25, -0.2) is 13.4 Å². The van der Waals surface area contributed by atoms with Gasteiger partial charge in [-0.2, -0.15) is 4.31 Å². The minimum atomic E-state index is -3.24. The van der Waals surface area contributed by atoms with E-state index < -0.39 is 10.0 Å². The number of pyridine rings is 1. The Hall–Kier alpha value is -1.48. The Balaban J connectivity index is 1.88. The van der Waals surface area contributed by atoms with Crippen LogP contribution in [0.2, 0.25) is 5.15 Å². The van der Waals surface area contributed by atoms with E-state index in [0.717, 1.165) is 11.1 Å². The number of benzene rings is 1. The molecule has 2 heterocycles. The Morgan fingerprint density at radius 3 is 2.88 bits per heavy atom. The molecular formula is C16H15BrClN3O3S. The zero-order valence-electron chi connectivity index (χ0n) is 13.3. The second-order valence-corrected chi connectivity index (χ2v) is 8.99. The molecule has 6 nitrogen and oxygen atoms in total. The van der Waals surface area contributed by atoms with Gasteiger partial charge in [0.15, 0.2) is 0 Å². The molecule has 1 aromatic carbocycles. The SMILES string of the molecule is CS(=O)(=O)N1CCc2c(cccc2NC(=O)c2cc(Br)cnc2Cl)C1. The predicted molar refractivity (Wildman–Crippen MR) is 100 cm³/mol. The van der Waals surface area contributed by atoms with Gasteiger partial charge in [0, 0.05) is 29.4 Å². The molecule has 1 N–H and O–H groups in total. The summed E-state index contributed by atoms with van der Waals surface area (Å²) in [6, 6.07) is 7.06. The lowest BCUT2D eigenvalue weighted by Crippen LogP contribution is -2.35. The van der Waals surface area contributed by atoms with Crippen molar-refractivity contribution in [2.45, 2.75) is 13.0 Å². The number of aromatic nitrogens is 1. The molecule has 0 saturated heterocycles. The minimum Gasteiger partial charge on any atom is -0.322 e. The molecule has 132 valence electrons. The van der Waals surface area contributed by atoms with Crippen molar-refractivity contribution in [2.75, 3.05) is 18.1 Å². The zero-order chi connectivity index (χ0) is 18.2. The lowest BCUT2D eigenvalue weighted by atomic mass is 9.99. The van der Waals surface area contributed by atoms with Crippen molar-refractivity contribution in [1.29, 1.82) is 0 Å². The molecule has 0 bridgehead atoms. The average Bonchev–Trinajstić information content (AvgIpc) is 2.56. The first kappa shape index (κ1) is 18.3. The van der Waals surface area contributed by atoms with Gasteiger partial charge >= 0.3 is 0 Å². The number of nitrogens with zero attached hydrogens (tertiary/aromatic N) is 2. The molecule has 0 unspecified atom stereocenters. The smallest absolute Gasteiger partial charge is 0.258 e. The quantitative estimate of drug-likeness (QED) is 0.738. The van der Waals surface area contributed by atoms with Gasteiger partial charge in [0.05, 0.1) is 11.8 Å². The number of amides is 1. The lowest BCUT2D eigenvalue weighted by molar-refractivity contribution is 0.102. The van der Waals surface area contributed by atoms with Crippen LogP contribution in [0.15, 0.2) is 34.9 Å². The van der Waals surface area contributed by atoms with Crippen LogP contribution in [0.25, 0.3) is 0 Å². The number of carbonyl (C=O) groups is 1. The first-order valence-electron chi connectivity index (χ1n) is 7.44. The maximum absolute atomic E-state index is 12.5. The molecule has 0 aliphatic carbocycles. The standard InChI is InChI=1S/C16H15BrClN3O3S/c1-25(23,24)21-6-5-12-10(9-21)3-2-4-14(12)20-16(22)13-7-11(17)8-19-15(13)18/h2-4,7-8H,5-6,9H2,1H3,(H,20,22). The van der Waals surface area contributed by atoms with Crippen molar-refractivity contribution in [1.82, 2.24) is 9.29 Å². The number of carbonyl (C=O) groups excluding carboxylic acids is 1. The van der Waals surface area contributed by atoms with E-state index in [1.165, 1.54) is 16.8 Å². The Kier molecular flexibility index (Phi) is 5.15. The van der Waals surface area contributed by atoms with Gasteiger partial charge in [-0.05, 0) is 45.6 Å². The van der Waals surface area contributed by atoms with Crippen molar-refractivity contribution >= 4 is 49.1 Å². The molecule has 0 spiro atoms. The van der Waals surface area contributed by atoms with Gasteiger partial charge in [0.1, 0.15) is 5.15 Å². The fourth-order valence-electron chi connectivity index (χ4n) is 2.76. The van der Waals surface area contributed by atoms with E-state index in [1.54, 1.807) is 18.2 Å². The fourth-order valence-corrected chi connectivity index (χ4v) is 4.07. The maximum atomic E-state index is 12.5. The van der Waals surface area contributed by atoms with Gasteiger partial charge < -0.3 is 5.32 Å². The summed E-state index contributed by atoms with van der Waals surface area (Å²) < 4.78 is 25.6. The molecule has 1 aromatic heterocycles. The van der Waals surface area contributed by atoms with E-state index in [0.29, 0.717) is 29.7 Å². The van der Waals surface area contributed by atoms with Crippen LogP contribution in [0.1, 0.15) is 21.5 Å². The first-order valence-corrected chi connectivity index (χ1v) is 10.5. The molecule has 1 amide bonds. The summed E-state index contributed by atoms with van der Waals surface area (Å²) in [5.74, 6) is -0.363. The van der Waals surface area contributed by atoms with Crippen LogP contribution >= 0.6 is 27.5 Å². The number of hydrogen-bond acceptors (Lipinski definition) is 4. The number of fused-ring (bicyclic) bond motifs is 1. The van der Waals surface area contributed by atoms with E-state index in [1.807, 2.05) is 6.07 Å². The van der Waals surface area contributed by atoms with Gasteiger partial charge in [-0.3, -0.25) is 4.79 Å². The van der Waals surface area contributed by atoms with E-state index in [-0.39, 0.29) is 16.6 Å². The highest BCUT2D eigenvalue weighted by molar-refractivity contribution is 9.10. The summed E-state index contributed by atoms with van der Waals surface area (Å²) in [5.41, 5.74) is 2.75. The van der Waals surface area contributed by atoms with Crippen molar-refractivity contribution in [3.05, 3.63) is 56.8 Å². The average molecular weight is 445 g/mol. The number of anilines is 1. The third-order valence-electron chi connectivity index (χ3n) is 4.00. The summed E-state index contributed by atoms with van der Waals surface area (Å²) in [4.78, 5) is 16.5. The Bertz CT molecular complexity index is 950. The van der Waals surface area contributed by atoms with Crippen molar-refractivity contribution in [3.63, 3.8) is 0 Å². The monoisotopic (exact) mass is 443 g/mol. The molecule has 3 rings (SSSR count). The molecule has 9 heteroatoms. The van der Waals surface area contributed by atoms with Crippen LogP contribution in [0.5, 0.6) is 0 Å².